The van der Waals surface area contributed by atoms with Crippen LogP contribution in [0.3, 0.4) is 0 Å². The number of amides is 2. The van der Waals surface area contributed by atoms with Crippen molar-refractivity contribution in [3.63, 3.8) is 0 Å². The molecule has 0 bridgehead atoms. The Hall–Kier alpha value is -2.35. The van der Waals surface area contributed by atoms with E-state index in [-0.39, 0.29) is 17.3 Å². The molecule has 2 amide bonds. The Morgan fingerprint density at radius 1 is 1.43 bits per heavy atom. The number of imidazole rings is 1. The van der Waals surface area contributed by atoms with Gasteiger partial charge in [-0.2, -0.15) is 0 Å². The maximum Gasteiger partial charge on any atom is 0.337 e. The first kappa shape index (κ1) is 15.0. The molecule has 0 radical (unpaired) electrons. The second kappa shape index (κ2) is 6.40. The number of carbonyl (C=O) groups excluding carboxylic acids is 1. The molecule has 0 saturated heterocycles. The smallest absolute Gasteiger partial charge is 0.337 e. The fourth-order valence-corrected chi connectivity index (χ4v) is 2.10. The number of aromatic amines is 1. The van der Waals surface area contributed by atoms with Crippen LogP contribution >= 0.6 is 15.9 Å². The number of carbonyl (C=O) groups is 2. The highest BCUT2D eigenvalue weighted by molar-refractivity contribution is 9.10. The largest absolute Gasteiger partial charge is 0.478 e. The molecule has 1 heterocycles. The Bertz CT molecular complexity index is 657. The first-order chi connectivity index (χ1) is 9.97. The Morgan fingerprint density at radius 2 is 2.19 bits per heavy atom. The van der Waals surface area contributed by atoms with Gasteiger partial charge in [0.05, 0.1) is 17.3 Å². The van der Waals surface area contributed by atoms with Gasteiger partial charge in [0, 0.05) is 16.9 Å². The molecule has 21 heavy (non-hydrogen) atoms. The van der Waals surface area contributed by atoms with Crippen LogP contribution in [0.15, 0.2) is 35.1 Å². The van der Waals surface area contributed by atoms with Crippen molar-refractivity contribution < 1.29 is 14.7 Å². The van der Waals surface area contributed by atoms with Gasteiger partial charge in [0.15, 0.2) is 0 Å². The molecule has 1 atom stereocenters. The fourth-order valence-electron chi connectivity index (χ4n) is 1.74. The topological polar surface area (TPSA) is 107 Å². The quantitative estimate of drug-likeness (QED) is 0.678. The molecule has 1 aromatic heterocycles. The Kier molecular flexibility index (Phi) is 4.59. The summed E-state index contributed by atoms with van der Waals surface area (Å²) >= 11 is 3.19. The molecule has 1 aromatic carbocycles. The molecule has 2 rings (SSSR count). The lowest BCUT2D eigenvalue weighted by Crippen LogP contribution is -2.32. The van der Waals surface area contributed by atoms with Crippen molar-refractivity contribution in [3.8, 4) is 0 Å². The van der Waals surface area contributed by atoms with E-state index in [1.54, 1.807) is 25.4 Å². The number of rotatable bonds is 4. The van der Waals surface area contributed by atoms with Crippen LogP contribution in [-0.4, -0.2) is 27.1 Å². The summed E-state index contributed by atoms with van der Waals surface area (Å²) in [5.74, 6) is -0.509. The molecule has 2 aromatic rings. The van der Waals surface area contributed by atoms with Crippen LogP contribution in [0.4, 0.5) is 10.5 Å². The molecule has 110 valence electrons. The van der Waals surface area contributed by atoms with Crippen molar-refractivity contribution in [3.05, 3.63) is 46.5 Å². The number of hydrogen-bond donors (Lipinski definition) is 4. The minimum atomic E-state index is -1.12. The van der Waals surface area contributed by atoms with E-state index in [0.29, 0.717) is 10.3 Å². The molecular formula is C13H13BrN4O3. The van der Waals surface area contributed by atoms with Gasteiger partial charge >= 0.3 is 12.0 Å². The van der Waals surface area contributed by atoms with Crippen LogP contribution in [0.1, 0.15) is 29.1 Å². The van der Waals surface area contributed by atoms with Gasteiger partial charge in [0.25, 0.3) is 0 Å². The summed E-state index contributed by atoms with van der Waals surface area (Å²) < 4.78 is 0.620. The molecule has 8 heteroatoms. The van der Waals surface area contributed by atoms with E-state index < -0.39 is 12.0 Å². The van der Waals surface area contributed by atoms with Crippen molar-refractivity contribution in [2.75, 3.05) is 5.32 Å². The van der Waals surface area contributed by atoms with Crippen molar-refractivity contribution >= 4 is 33.6 Å². The Labute approximate surface area is 128 Å². The Balaban J connectivity index is 2.08. The van der Waals surface area contributed by atoms with E-state index in [0.717, 1.165) is 0 Å². The summed E-state index contributed by atoms with van der Waals surface area (Å²) in [6.45, 7) is 1.76. The highest BCUT2D eigenvalue weighted by Gasteiger charge is 2.15. The Morgan fingerprint density at radius 3 is 2.81 bits per heavy atom. The van der Waals surface area contributed by atoms with Crippen molar-refractivity contribution in [1.29, 1.82) is 0 Å². The van der Waals surface area contributed by atoms with Crippen LogP contribution < -0.4 is 10.6 Å². The number of aromatic nitrogens is 2. The van der Waals surface area contributed by atoms with Crippen LogP contribution in [0.2, 0.25) is 0 Å². The standard InChI is InChI=1S/C13H13BrN4O3/c1-7(11-15-4-5-16-11)17-13(21)18-10-3-2-8(14)6-9(10)12(19)20/h2-7H,1H3,(H,15,16)(H,19,20)(H2,17,18,21). The van der Waals surface area contributed by atoms with E-state index in [2.05, 4.69) is 36.5 Å². The number of benzene rings is 1. The molecule has 7 nitrogen and oxygen atoms in total. The van der Waals surface area contributed by atoms with Gasteiger partial charge in [0.2, 0.25) is 0 Å². The van der Waals surface area contributed by atoms with Gasteiger partial charge in [0.1, 0.15) is 5.82 Å². The maximum absolute atomic E-state index is 11.9. The van der Waals surface area contributed by atoms with Crippen LogP contribution in [0.5, 0.6) is 0 Å². The molecule has 4 N–H and O–H groups in total. The number of nitrogens with zero attached hydrogens (tertiary/aromatic N) is 1. The molecule has 0 aliphatic heterocycles. The molecule has 0 aliphatic rings. The normalized spacial score (nSPS) is 11.7. The fraction of sp³-hybridized carbons (Fsp3) is 0.154. The second-order valence-corrected chi connectivity index (χ2v) is 5.21. The number of H-pyrrole nitrogens is 1. The maximum atomic E-state index is 11.9. The average molecular weight is 353 g/mol. The number of carboxylic acid groups (broad SMARTS) is 1. The van der Waals surface area contributed by atoms with Gasteiger partial charge in [-0.3, -0.25) is 0 Å². The van der Waals surface area contributed by atoms with Gasteiger partial charge in [-0.15, -0.1) is 0 Å². The first-order valence-electron chi connectivity index (χ1n) is 6.07. The zero-order valence-corrected chi connectivity index (χ0v) is 12.6. The van der Waals surface area contributed by atoms with Gasteiger partial charge < -0.3 is 20.7 Å². The van der Waals surface area contributed by atoms with E-state index in [9.17, 15) is 9.59 Å². The van der Waals surface area contributed by atoms with E-state index >= 15 is 0 Å². The number of carboxylic acids is 1. The SMILES string of the molecule is CC(NC(=O)Nc1ccc(Br)cc1C(=O)O)c1ncc[nH]1. The highest BCUT2D eigenvalue weighted by Crippen LogP contribution is 2.21. The van der Waals surface area contributed by atoms with Crippen LogP contribution in [-0.2, 0) is 0 Å². The van der Waals surface area contributed by atoms with Crippen LogP contribution in [0.25, 0.3) is 0 Å². The predicted octanol–water partition coefficient (Wildman–Crippen LogP) is 2.75. The monoisotopic (exact) mass is 352 g/mol. The number of nitrogens with one attached hydrogen (secondary N) is 3. The zero-order valence-electron chi connectivity index (χ0n) is 11.1. The number of aromatic carboxylic acids is 1. The second-order valence-electron chi connectivity index (χ2n) is 4.29. The minimum absolute atomic E-state index is 0.00479. The molecule has 0 aliphatic carbocycles. The van der Waals surface area contributed by atoms with Crippen LogP contribution in [0, 0.1) is 0 Å². The van der Waals surface area contributed by atoms with Crippen molar-refractivity contribution in [2.45, 2.75) is 13.0 Å². The molecule has 0 spiro atoms. The first-order valence-corrected chi connectivity index (χ1v) is 6.86. The summed E-state index contributed by atoms with van der Waals surface area (Å²) in [7, 11) is 0. The van der Waals surface area contributed by atoms with Gasteiger partial charge in [-0.1, -0.05) is 15.9 Å². The highest BCUT2D eigenvalue weighted by atomic mass is 79.9. The molecule has 1 unspecified atom stereocenters. The predicted molar refractivity (Wildman–Crippen MR) is 80.3 cm³/mol. The third-order valence-electron chi connectivity index (χ3n) is 2.74. The lowest BCUT2D eigenvalue weighted by atomic mass is 10.2. The third kappa shape index (κ3) is 3.82. The minimum Gasteiger partial charge on any atom is -0.478 e. The summed E-state index contributed by atoms with van der Waals surface area (Å²) in [5, 5.41) is 14.3. The zero-order chi connectivity index (χ0) is 15.4. The number of anilines is 1. The molecule has 0 fully saturated rings. The van der Waals surface area contributed by atoms with Gasteiger partial charge in [-0.25, -0.2) is 14.6 Å². The van der Waals surface area contributed by atoms with E-state index in [4.69, 9.17) is 5.11 Å². The number of hydrogen-bond acceptors (Lipinski definition) is 3. The number of halogens is 1. The average Bonchev–Trinajstić information content (AvgIpc) is 2.94. The third-order valence-corrected chi connectivity index (χ3v) is 3.23. The van der Waals surface area contributed by atoms with Gasteiger partial charge in [-0.05, 0) is 25.1 Å². The summed E-state index contributed by atoms with van der Waals surface area (Å²) in [6, 6.07) is 3.75. The summed E-state index contributed by atoms with van der Waals surface area (Å²) in [4.78, 5) is 30.0. The van der Waals surface area contributed by atoms with Crippen molar-refractivity contribution in [2.24, 2.45) is 0 Å². The van der Waals surface area contributed by atoms with E-state index in [1.807, 2.05) is 0 Å². The lowest BCUT2D eigenvalue weighted by Gasteiger charge is -2.14. The number of urea groups is 1. The van der Waals surface area contributed by atoms with E-state index in [1.165, 1.54) is 12.1 Å². The molecule has 0 saturated carbocycles. The summed E-state index contributed by atoms with van der Waals surface area (Å²) in [5.41, 5.74) is 0.222. The van der Waals surface area contributed by atoms with Crippen molar-refractivity contribution in [1.82, 2.24) is 15.3 Å². The summed E-state index contributed by atoms with van der Waals surface area (Å²) in [6.07, 6.45) is 3.24. The lowest BCUT2D eigenvalue weighted by molar-refractivity contribution is 0.0698. The molecular weight excluding hydrogens is 340 g/mol.